The van der Waals surface area contributed by atoms with Crippen LogP contribution in [0.3, 0.4) is 0 Å². The van der Waals surface area contributed by atoms with Gasteiger partial charge in [0, 0.05) is 22.0 Å². The van der Waals surface area contributed by atoms with E-state index in [0.717, 1.165) is 33.5 Å². The van der Waals surface area contributed by atoms with E-state index in [1.165, 1.54) is 11.1 Å². The molecule has 0 N–H and O–H groups in total. The molecule has 0 saturated carbocycles. The molecule has 0 radical (unpaired) electrons. The summed E-state index contributed by atoms with van der Waals surface area (Å²) >= 11 is 3.53. The first-order chi connectivity index (χ1) is 14.4. The summed E-state index contributed by atoms with van der Waals surface area (Å²) in [5.41, 5.74) is 6.04. The van der Waals surface area contributed by atoms with E-state index in [2.05, 4.69) is 108 Å². The summed E-state index contributed by atoms with van der Waals surface area (Å²) in [4.78, 5) is 0. The van der Waals surface area contributed by atoms with Crippen molar-refractivity contribution in [2.45, 2.75) is 44.9 Å². The molecule has 3 aromatic carbocycles. The Labute approximate surface area is 186 Å². The molecule has 3 nitrogen and oxygen atoms in total. The number of benzene rings is 3. The molecule has 0 aromatic heterocycles. The van der Waals surface area contributed by atoms with Gasteiger partial charge < -0.3 is 4.74 Å². The van der Waals surface area contributed by atoms with E-state index < -0.39 is 0 Å². The molecule has 152 valence electrons. The molecular formula is C26H25BrN2O. The Morgan fingerprint density at radius 1 is 0.933 bits per heavy atom. The Morgan fingerprint density at radius 2 is 1.63 bits per heavy atom. The van der Waals surface area contributed by atoms with Crippen LogP contribution in [0.5, 0.6) is 5.75 Å². The van der Waals surface area contributed by atoms with Gasteiger partial charge in [-0.05, 0) is 34.7 Å². The molecule has 0 saturated heterocycles. The molecule has 2 aliphatic heterocycles. The second kappa shape index (κ2) is 7.28. The first-order valence-corrected chi connectivity index (χ1v) is 11.2. The van der Waals surface area contributed by atoms with Crippen molar-refractivity contribution < 1.29 is 4.74 Å². The van der Waals surface area contributed by atoms with Crippen LogP contribution in [0.4, 0.5) is 0 Å². The van der Waals surface area contributed by atoms with Crippen LogP contribution in [0, 0.1) is 0 Å². The molecule has 2 aliphatic rings. The number of hydrogen-bond acceptors (Lipinski definition) is 3. The zero-order chi connectivity index (χ0) is 20.9. The Kier molecular flexibility index (Phi) is 4.70. The lowest BCUT2D eigenvalue weighted by Gasteiger charge is -2.38. The van der Waals surface area contributed by atoms with Crippen LogP contribution in [-0.2, 0) is 5.41 Å². The molecule has 0 spiro atoms. The van der Waals surface area contributed by atoms with Crippen LogP contribution in [0.25, 0.3) is 0 Å². The van der Waals surface area contributed by atoms with E-state index in [1.54, 1.807) is 0 Å². The maximum absolute atomic E-state index is 6.47. The van der Waals surface area contributed by atoms with Gasteiger partial charge in [0.2, 0.25) is 6.23 Å². The molecule has 0 amide bonds. The Balaban J connectivity index is 1.55. The average Bonchev–Trinajstić information content (AvgIpc) is 3.19. The van der Waals surface area contributed by atoms with Gasteiger partial charge in [-0.3, -0.25) is 0 Å². The highest BCUT2D eigenvalue weighted by Gasteiger charge is 2.40. The van der Waals surface area contributed by atoms with Crippen LogP contribution in [0.1, 0.15) is 61.7 Å². The number of fused-ring (bicyclic) bond motifs is 3. The number of hydrazone groups is 1. The van der Waals surface area contributed by atoms with Crippen molar-refractivity contribution in [1.82, 2.24) is 5.01 Å². The number of halogens is 1. The molecule has 5 rings (SSSR count). The monoisotopic (exact) mass is 460 g/mol. The van der Waals surface area contributed by atoms with Crippen LogP contribution >= 0.6 is 15.9 Å². The fourth-order valence-corrected chi connectivity index (χ4v) is 4.48. The van der Waals surface area contributed by atoms with Crippen molar-refractivity contribution in [3.8, 4) is 5.75 Å². The molecule has 0 fully saturated rings. The lowest BCUT2D eigenvalue weighted by molar-refractivity contribution is -0.0190. The van der Waals surface area contributed by atoms with E-state index in [1.807, 2.05) is 6.07 Å². The standard InChI is InChI=1S/C26H25BrN2O/c1-26(2,3)19-12-8-18(9-13-19)25-29-23(21-6-4-5-7-24(21)30-25)16-22(28-29)17-10-14-20(27)15-11-17/h4-15,23,25H,16H2,1-3H3/t23-,25+/m0/s1. The maximum atomic E-state index is 6.47. The fourth-order valence-electron chi connectivity index (χ4n) is 4.22. The molecule has 30 heavy (non-hydrogen) atoms. The lowest BCUT2D eigenvalue weighted by atomic mass is 9.86. The van der Waals surface area contributed by atoms with Gasteiger partial charge >= 0.3 is 0 Å². The minimum absolute atomic E-state index is 0.127. The molecule has 4 heteroatoms. The molecule has 2 atom stereocenters. The van der Waals surface area contributed by atoms with Crippen LogP contribution in [0.15, 0.2) is 82.4 Å². The van der Waals surface area contributed by atoms with Gasteiger partial charge in [-0.2, -0.15) is 5.10 Å². The SMILES string of the molecule is CC(C)(C)c1ccc([C@H]2Oc3ccccc3[C@@H]3CC(c4ccc(Br)cc4)=NN23)cc1. The molecular weight excluding hydrogens is 436 g/mol. The summed E-state index contributed by atoms with van der Waals surface area (Å²) in [6.45, 7) is 6.71. The number of rotatable bonds is 2. The predicted octanol–water partition coefficient (Wildman–Crippen LogP) is 6.99. The number of hydrogen-bond donors (Lipinski definition) is 0. The summed E-state index contributed by atoms with van der Waals surface area (Å²) in [6, 6.07) is 25.7. The average molecular weight is 461 g/mol. The van der Waals surface area contributed by atoms with E-state index in [9.17, 15) is 0 Å². The van der Waals surface area contributed by atoms with Gasteiger partial charge in [0.25, 0.3) is 0 Å². The molecule has 0 unspecified atom stereocenters. The third-order valence-electron chi connectivity index (χ3n) is 5.94. The quantitative estimate of drug-likeness (QED) is 0.411. The van der Waals surface area contributed by atoms with Crippen LogP contribution < -0.4 is 4.74 Å². The third-order valence-corrected chi connectivity index (χ3v) is 6.47. The summed E-state index contributed by atoms with van der Waals surface area (Å²) in [5.74, 6) is 0.955. The van der Waals surface area contributed by atoms with Gasteiger partial charge in [0.05, 0.1) is 11.8 Å². The highest BCUT2D eigenvalue weighted by Crippen LogP contribution is 2.47. The first-order valence-electron chi connectivity index (χ1n) is 10.4. The lowest BCUT2D eigenvalue weighted by Crippen LogP contribution is -2.33. The number of ether oxygens (including phenoxy) is 1. The third kappa shape index (κ3) is 3.43. The zero-order valence-electron chi connectivity index (χ0n) is 17.5. The maximum Gasteiger partial charge on any atom is 0.213 e. The Hall–Kier alpha value is -2.59. The molecule has 3 aromatic rings. The molecule has 0 aliphatic carbocycles. The van der Waals surface area contributed by atoms with Gasteiger partial charge in [-0.25, -0.2) is 5.01 Å². The second-order valence-corrected chi connectivity index (χ2v) is 9.95. The normalized spacial score (nSPS) is 20.3. The zero-order valence-corrected chi connectivity index (χ0v) is 19.1. The van der Waals surface area contributed by atoms with Crippen molar-refractivity contribution in [2.75, 3.05) is 0 Å². The van der Waals surface area contributed by atoms with Gasteiger partial charge in [-0.1, -0.05) is 91.3 Å². The first kappa shape index (κ1) is 19.4. The van der Waals surface area contributed by atoms with Crippen molar-refractivity contribution in [3.05, 3.63) is 99.5 Å². The summed E-state index contributed by atoms with van der Waals surface area (Å²) in [7, 11) is 0. The van der Waals surface area contributed by atoms with E-state index in [0.29, 0.717) is 0 Å². The summed E-state index contributed by atoms with van der Waals surface area (Å²) in [6.07, 6.45) is 0.644. The van der Waals surface area contributed by atoms with Crippen LogP contribution in [-0.4, -0.2) is 10.7 Å². The smallest absolute Gasteiger partial charge is 0.213 e. The van der Waals surface area contributed by atoms with E-state index >= 15 is 0 Å². The predicted molar refractivity (Wildman–Crippen MR) is 125 cm³/mol. The highest BCUT2D eigenvalue weighted by atomic mass is 79.9. The fraction of sp³-hybridized carbons (Fsp3) is 0.269. The minimum Gasteiger partial charge on any atom is -0.464 e. The van der Waals surface area contributed by atoms with Crippen molar-refractivity contribution in [2.24, 2.45) is 5.10 Å². The number of para-hydroxylation sites is 1. The van der Waals surface area contributed by atoms with Crippen molar-refractivity contribution in [3.63, 3.8) is 0 Å². The summed E-state index contributed by atoms with van der Waals surface area (Å²) < 4.78 is 7.55. The summed E-state index contributed by atoms with van der Waals surface area (Å²) in [5, 5.41) is 7.19. The van der Waals surface area contributed by atoms with Gasteiger partial charge in [0.1, 0.15) is 5.75 Å². The topological polar surface area (TPSA) is 24.8 Å². The number of nitrogens with zero attached hydrogens (tertiary/aromatic N) is 2. The molecule has 0 bridgehead atoms. The van der Waals surface area contributed by atoms with Gasteiger partial charge in [0.15, 0.2) is 0 Å². The van der Waals surface area contributed by atoms with E-state index in [4.69, 9.17) is 9.84 Å². The largest absolute Gasteiger partial charge is 0.464 e. The Bertz CT molecular complexity index is 1100. The van der Waals surface area contributed by atoms with Gasteiger partial charge in [-0.15, -0.1) is 0 Å². The van der Waals surface area contributed by atoms with Crippen molar-refractivity contribution in [1.29, 1.82) is 0 Å². The minimum atomic E-state index is -0.230. The van der Waals surface area contributed by atoms with Crippen molar-refractivity contribution >= 4 is 21.6 Å². The van der Waals surface area contributed by atoms with Crippen LogP contribution in [0.2, 0.25) is 0 Å². The highest BCUT2D eigenvalue weighted by molar-refractivity contribution is 9.10. The molecule has 2 heterocycles. The Morgan fingerprint density at radius 3 is 2.33 bits per heavy atom. The second-order valence-electron chi connectivity index (χ2n) is 9.03. The van der Waals surface area contributed by atoms with E-state index in [-0.39, 0.29) is 17.7 Å².